The molecule has 0 atom stereocenters. The van der Waals surface area contributed by atoms with Crippen molar-refractivity contribution in [2.24, 2.45) is 0 Å². The molecule has 2 spiro atoms. The molecule has 8 heteroatoms. The van der Waals surface area contributed by atoms with E-state index in [9.17, 15) is 21.0 Å². The van der Waals surface area contributed by atoms with Gasteiger partial charge in [0.2, 0.25) is 0 Å². The minimum Gasteiger partial charge on any atom is -0.457 e. The van der Waals surface area contributed by atoms with Crippen molar-refractivity contribution < 1.29 is 8.83 Å². The molecular weight excluding hydrogens is 1250 g/mol. The molecule has 14 aromatic rings. The third kappa shape index (κ3) is 10.2. The molecule has 0 bridgehead atoms. The summed E-state index contributed by atoms with van der Waals surface area (Å²) in [5.41, 5.74) is 26.0. The number of benzene rings is 12. The molecule has 0 saturated carbocycles. The van der Waals surface area contributed by atoms with E-state index in [1.54, 1.807) is 12.1 Å². The Labute approximate surface area is 591 Å². The Kier molecular flexibility index (Phi) is 15.4. The monoisotopic (exact) mass is 1300 g/mol. The molecule has 0 fully saturated rings. The number of anilines is 6. The fourth-order valence-corrected chi connectivity index (χ4v) is 15.8. The molecule has 0 unspecified atom stereocenters. The molecule has 0 saturated heterocycles. The average molecular weight is 1300 g/mol. The topological polar surface area (TPSA) is 128 Å². The van der Waals surface area contributed by atoms with Gasteiger partial charge in [-0.25, -0.2) is 0 Å². The highest BCUT2D eigenvalue weighted by molar-refractivity contribution is 5.96. The average Bonchev–Trinajstić information content (AvgIpc) is 1.51. The van der Waals surface area contributed by atoms with Gasteiger partial charge in [-0.1, -0.05) is 231 Å². The van der Waals surface area contributed by atoms with Crippen LogP contribution in [0.25, 0.3) is 81.4 Å². The van der Waals surface area contributed by atoms with Gasteiger partial charge in [-0.2, -0.15) is 21.0 Å². The summed E-state index contributed by atoms with van der Waals surface area (Å²) in [6.45, 7) is 0. The molecule has 8 nitrogen and oxygen atoms in total. The van der Waals surface area contributed by atoms with E-state index in [1.165, 1.54) is 67.8 Å². The van der Waals surface area contributed by atoms with Crippen molar-refractivity contribution in [3.05, 3.63) is 405 Å². The second kappa shape index (κ2) is 25.6. The Morgan fingerprint density at radius 2 is 0.539 bits per heavy atom. The van der Waals surface area contributed by atoms with Crippen molar-refractivity contribution in [3.8, 4) is 69.2 Å². The molecule has 102 heavy (non-hydrogen) atoms. The number of nitrogens with zero attached hydrogens (tertiary/aromatic N) is 6. The van der Waals surface area contributed by atoms with E-state index in [4.69, 9.17) is 8.83 Å². The first kappa shape index (κ1) is 61.3. The summed E-state index contributed by atoms with van der Waals surface area (Å²) in [7, 11) is 0. The van der Waals surface area contributed by atoms with Gasteiger partial charge < -0.3 is 18.6 Å². The SMILES string of the molecule is N#CC(C#N)=Cc1ccc(-c2ccc3c(c2)C2(c4cc(N(c5ccccc5)c5ccccc5)ccc4C=C3)c3ccccc3-c3ccccc32)o1.N#CC(C#N)=Cc1ccc(-c2ccc3c(c2)C2(c4cc(N(c5ccccc5)c5ccccc5)ccc4C=C3)c3ccccc3-c3ccccc32)o1. The van der Waals surface area contributed by atoms with Gasteiger partial charge in [-0.3, -0.25) is 0 Å². The molecule has 4 aliphatic carbocycles. The lowest BCUT2D eigenvalue weighted by Crippen LogP contribution is -2.30. The zero-order valence-corrected chi connectivity index (χ0v) is 55.0. The Balaban J connectivity index is 0.000000152. The number of rotatable bonds is 10. The van der Waals surface area contributed by atoms with Gasteiger partial charge in [0, 0.05) is 57.4 Å². The number of furan rings is 2. The molecule has 0 N–H and O–H groups in total. The van der Waals surface area contributed by atoms with Gasteiger partial charge >= 0.3 is 0 Å². The summed E-state index contributed by atoms with van der Waals surface area (Å²) in [5, 5.41) is 37.3. The zero-order chi connectivity index (χ0) is 68.7. The van der Waals surface area contributed by atoms with E-state index >= 15 is 0 Å². The lowest BCUT2D eigenvalue weighted by Gasteiger charge is -2.36. The van der Waals surface area contributed by atoms with E-state index in [2.05, 4.69) is 325 Å². The molecule has 0 aliphatic heterocycles. The van der Waals surface area contributed by atoms with E-state index in [0.29, 0.717) is 23.0 Å². The molecule has 0 radical (unpaired) electrons. The molecular formula is C94H58N6O2. The van der Waals surface area contributed by atoms with Crippen LogP contribution in [0.4, 0.5) is 34.1 Å². The Bertz CT molecular complexity index is 5400. The van der Waals surface area contributed by atoms with Gasteiger partial charge in [0.25, 0.3) is 0 Å². The van der Waals surface area contributed by atoms with Crippen molar-refractivity contribution in [2.75, 3.05) is 9.80 Å². The van der Waals surface area contributed by atoms with Crippen LogP contribution in [0, 0.1) is 45.3 Å². The van der Waals surface area contributed by atoms with Crippen LogP contribution in [-0.4, -0.2) is 0 Å². The van der Waals surface area contributed by atoms with E-state index in [1.807, 2.05) is 36.4 Å². The standard InChI is InChI=1S/2C47H29N3O/c2*48-30-32(31-49)27-39-25-26-46(51-39)35-22-21-33-19-20-34-23-24-38(50(36-11-3-1-4-12-36)37-13-5-2-6-14-37)29-45(34)47(44(33)28-35)42-17-9-7-15-40(42)41-16-8-10-18-43(41)47/h2*1-29H. The predicted molar refractivity (Wildman–Crippen MR) is 409 cm³/mol. The van der Waals surface area contributed by atoms with E-state index < -0.39 is 10.8 Å². The van der Waals surface area contributed by atoms with Gasteiger partial charge in [-0.15, -0.1) is 0 Å². The lowest BCUT2D eigenvalue weighted by molar-refractivity contribution is 0.571. The predicted octanol–water partition coefficient (Wildman–Crippen LogP) is 23.4. The van der Waals surface area contributed by atoms with Gasteiger partial charge in [0.05, 0.1) is 10.8 Å². The highest BCUT2D eigenvalue weighted by Gasteiger charge is 2.51. The van der Waals surface area contributed by atoms with Crippen molar-refractivity contribution in [2.45, 2.75) is 10.8 Å². The molecule has 4 aliphatic rings. The Morgan fingerprint density at radius 3 is 0.843 bits per heavy atom. The molecule has 18 rings (SSSR count). The smallest absolute Gasteiger partial charge is 0.134 e. The summed E-state index contributed by atoms with van der Waals surface area (Å²) < 4.78 is 12.5. The highest BCUT2D eigenvalue weighted by Crippen LogP contribution is 2.62. The van der Waals surface area contributed by atoms with Crippen LogP contribution in [0.2, 0.25) is 0 Å². The third-order valence-electron chi connectivity index (χ3n) is 20.0. The maximum atomic E-state index is 9.32. The lowest BCUT2D eigenvalue weighted by atomic mass is 9.65. The number of nitriles is 4. The Morgan fingerprint density at radius 1 is 0.265 bits per heavy atom. The Hall–Kier alpha value is -14.3. The number of hydrogen-bond donors (Lipinski definition) is 0. The summed E-state index contributed by atoms with van der Waals surface area (Å²) in [5.74, 6) is 2.24. The van der Waals surface area contributed by atoms with E-state index in [-0.39, 0.29) is 11.1 Å². The van der Waals surface area contributed by atoms with Crippen LogP contribution in [0.5, 0.6) is 0 Å². The van der Waals surface area contributed by atoms with Crippen LogP contribution >= 0.6 is 0 Å². The minimum absolute atomic E-state index is 0.00597. The quantitative estimate of drug-likeness (QED) is 0.124. The van der Waals surface area contributed by atoms with Gasteiger partial charge in [0.1, 0.15) is 58.5 Å². The first-order chi connectivity index (χ1) is 50.4. The maximum absolute atomic E-state index is 9.32. The molecule has 0 amide bonds. The first-order valence-electron chi connectivity index (χ1n) is 33.8. The van der Waals surface area contributed by atoms with Crippen molar-refractivity contribution in [1.82, 2.24) is 0 Å². The van der Waals surface area contributed by atoms with Crippen molar-refractivity contribution >= 4 is 70.6 Å². The normalized spacial score (nSPS) is 12.7. The van der Waals surface area contributed by atoms with Gasteiger partial charge in [0.15, 0.2) is 0 Å². The highest BCUT2D eigenvalue weighted by atomic mass is 16.3. The number of hydrogen-bond acceptors (Lipinski definition) is 8. The molecule has 2 heterocycles. The second-order valence-corrected chi connectivity index (χ2v) is 25.5. The van der Waals surface area contributed by atoms with E-state index in [0.717, 1.165) is 78.6 Å². The fraction of sp³-hybridized carbons (Fsp3) is 0.0213. The summed E-state index contributed by atoms with van der Waals surface area (Å²) in [6.07, 6.45) is 11.9. The first-order valence-corrected chi connectivity index (χ1v) is 33.8. The van der Waals surface area contributed by atoms with Crippen molar-refractivity contribution in [1.29, 1.82) is 21.0 Å². The molecule has 2 aromatic heterocycles. The number of para-hydroxylation sites is 4. The summed E-state index contributed by atoms with van der Waals surface area (Å²) in [6, 6.07) is 119. The zero-order valence-electron chi connectivity index (χ0n) is 55.0. The largest absolute Gasteiger partial charge is 0.457 e. The molecule has 476 valence electrons. The summed E-state index contributed by atoms with van der Waals surface area (Å²) in [4.78, 5) is 4.64. The maximum Gasteiger partial charge on any atom is 0.134 e. The minimum atomic E-state index is -0.656. The number of allylic oxidation sites excluding steroid dienone is 2. The van der Waals surface area contributed by atoms with Crippen molar-refractivity contribution in [3.63, 3.8) is 0 Å². The van der Waals surface area contributed by atoms with Crippen LogP contribution in [0.3, 0.4) is 0 Å². The summed E-state index contributed by atoms with van der Waals surface area (Å²) >= 11 is 0. The van der Waals surface area contributed by atoms with Gasteiger partial charge in [-0.05, 0) is 198 Å². The van der Waals surface area contributed by atoms with Crippen LogP contribution in [0.1, 0.15) is 78.3 Å². The fourth-order valence-electron chi connectivity index (χ4n) is 15.8. The number of fused-ring (bicyclic) bond motifs is 18. The van der Waals surface area contributed by atoms with Crippen LogP contribution in [-0.2, 0) is 10.8 Å². The van der Waals surface area contributed by atoms with Crippen LogP contribution in [0.15, 0.2) is 335 Å². The second-order valence-electron chi connectivity index (χ2n) is 25.5. The molecule has 12 aromatic carbocycles. The van der Waals surface area contributed by atoms with Crippen LogP contribution < -0.4 is 9.80 Å². The third-order valence-corrected chi connectivity index (χ3v) is 20.0.